The van der Waals surface area contributed by atoms with Gasteiger partial charge in [0, 0.05) is 11.8 Å². The van der Waals surface area contributed by atoms with Crippen LogP contribution >= 0.6 is 11.9 Å². The average Bonchev–Trinajstić information content (AvgIpc) is 2.14. The van der Waals surface area contributed by atoms with Crippen molar-refractivity contribution in [2.45, 2.75) is 51.7 Å². The van der Waals surface area contributed by atoms with Crippen LogP contribution in [0.4, 0.5) is 4.79 Å². The number of carbonyl (C=O) groups is 1. The number of unbranched alkanes of at least 4 members (excludes halogenated alkanes) is 1. The van der Waals surface area contributed by atoms with Crippen LogP contribution < -0.4 is 0 Å². The Hall–Kier alpha value is -0.380. The third-order valence-corrected chi connectivity index (χ3v) is 3.10. The Labute approximate surface area is 91.0 Å². The minimum absolute atomic E-state index is 0.401. The molecule has 0 heterocycles. The number of amides is 1. The summed E-state index contributed by atoms with van der Waals surface area (Å²) < 4.78 is 1.44. The Kier molecular flexibility index (Phi) is 7.76. The van der Waals surface area contributed by atoms with Crippen LogP contribution in [0, 0.1) is 0 Å². The zero-order chi connectivity index (χ0) is 11.0. The van der Waals surface area contributed by atoms with E-state index in [2.05, 4.69) is 13.8 Å². The quantitative estimate of drug-likeness (QED) is 0.665. The number of rotatable bonds is 7. The lowest BCUT2D eigenvalue weighted by molar-refractivity contribution is 0.175. The highest BCUT2D eigenvalue weighted by atomic mass is 32.2. The third kappa shape index (κ3) is 6.13. The molecule has 0 aliphatic carbocycles. The predicted octanol–water partition coefficient (Wildman–Crippen LogP) is 3.60. The van der Waals surface area contributed by atoms with Gasteiger partial charge in [0.25, 0.3) is 0 Å². The molecule has 1 N–H and O–H groups in total. The van der Waals surface area contributed by atoms with Gasteiger partial charge in [0.1, 0.15) is 0 Å². The summed E-state index contributed by atoms with van der Waals surface area (Å²) in [5.74, 6) is 0. The molecule has 0 radical (unpaired) electrons. The van der Waals surface area contributed by atoms with Crippen LogP contribution in [0.25, 0.3) is 0 Å². The van der Waals surface area contributed by atoms with Gasteiger partial charge in [-0.05, 0) is 24.8 Å². The normalized spacial score (nSPS) is 12.5. The molecule has 0 aromatic heterocycles. The van der Waals surface area contributed by atoms with E-state index in [9.17, 15) is 4.79 Å². The molecule has 0 unspecified atom stereocenters. The van der Waals surface area contributed by atoms with Crippen molar-refractivity contribution in [3.8, 4) is 0 Å². The summed E-state index contributed by atoms with van der Waals surface area (Å²) in [4.78, 5) is 10.8. The Bertz CT molecular complexity index is 164. The van der Waals surface area contributed by atoms with Crippen LogP contribution in [0.2, 0.25) is 0 Å². The van der Waals surface area contributed by atoms with Gasteiger partial charge in [0.2, 0.25) is 0 Å². The predicted molar refractivity (Wildman–Crippen MR) is 61.6 cm³/mol. The van der Waals surface area contributed by atoms with Crippen LogP contribution in [-0.4, -0.2) is 27.3 Å². The van der Waals surface area contributed by atoms with Crippen molar-refractivity contribution in [1.29, 1.82) is 0 Å². The van der Waals surface area contributed by atoms with Crippen LogP contribution in [0.3, 0.4) is 0 Å². The first-order valence-corrected chi connectivity index (χ1v) is 6.12. The molecule has 4 heteroatoms. The fraction of sp³-hybridized carbons (Fsp3) is 0.900. The molecular weight excluding hydrogens is 198 g/mol. The van der Waals surface area contributed by atoms with Gasteiger partial charge in [0.15, 0.2) is 0 Å². The van der Waals surface area contributed by atoms with E-state index in [1.54, 1.807) is 0 Å². The average molecular weight is 219 g/mol. The van der Waals surface area contributed by atoms with Gasteiger partial charge < -0.3 is 5.11 Å². The first-order chi connectivity index (χ1) is 6.61. The van der Waals surface area contributed by atoms with Gasteiger partial charge in [-0.1, -0.05) is 33.6 Å². The lowest BCUT2D eigenvalue weighted by atomic mass is 10.2. The third-order valence-electron chi connectivity index (χ3n) is 1.91. The minimum atomic E-state index is -0.819. The molecular formula is C10H21NO2S. The molecule has 0 aliphatic rings. The second-order valence-corrected chi connectivity index (χ2v) is 4.90. The van der Waals surface area contributed by atoms with E-state index in [0.29, 0.717) is 11.8 Å². The number of nitrogens with zero attached hydrogens (tertiary/aromatic N) is 1. The molecule has 0 aromatic rings. The molecule has 0 fully saturated rings. The number of hydrogen-bond donors (Lipinski definition) is 1. The van der Waals surface area contributed by atoms with E-state index in [4.69, 9.17) is 5.11 Å². The van der Waals surface area contributed by atoms with E-state index in [1.807, 2.05) is 6.92 Å². The summed E-state index contributed by atoms with van der Waals surface area (Å²) in [5.41, 5.74) is 0. The molecule has 0 saturated heterocycles. The van der Waals surface area contributed by atoms with Crippen molar-refractivity contribution in [2.75, 3.05) is 6.54 Å². The van der Waals surface area contributed by atoms with E-state index in [1.165, 1.54) is 29.1 Å². The maximum absolute atomic E-state index is 10.8. The van der Waals surface area contributed by atoms with E-state index in [-0.39, 0.29) is 0 Å². The molecule has 1 atom stereocenters. The van der Waals surface area contributed by atoms with Crippen LogP contribution in [0.1, 0.15) is 46.5 Å². The van der Waals surface area contributed by atoms with Gasteiger partial charge in [-0.3, -0.25) is 4.31 Å². The topological polar surface area (TPSA) is 40.5 Å². The second kappa shape index (κ2) is 7.97. The standard InChI is InChI=1S/C10H21NO2S/c1-4-6-7-9(3)14-11(8-5-2)10(12)13/h9H,4-8H2,1-3H3,(H,12,13)/t9-/m0/s1. The lowest BCUT2D eigenvalue weighted by Crippen LogP contribution is -2.25. The van der Waals surface area contributed by atoms with E-state index < -0.39 is 6.09 Å². The fourth-order valence-electron chi connectivity index (χ4n) is 1.16. The van der Waals surface area contributed by atoms with Crippen molar-refractivity contribution in [2.24, 2.45) is 0 Å². The molecule has 0 rings (SSSR count). The Morgan fingerprint density at radius 2 is 2.07 bits per heavy atom. The second-order valence-electron chi connectivity index (χ2n) is 3.44. The zero-order valence-corrected chi connectivity index (χ0v) is 10.1. The summed E-state index contributed by atoms with van der Waals surface area (Å²) in [6.07, 6.45) is 3.49. The van der Waals surface area contributed by atoms with Gasteiger partial charge in [-0.25, -0.2) is 4.79 Å². The van der Waals surface area contributed by atoms with Gasteiger partial charge in [-0.2, -0.15) is 0 Å². The summed E-state index contributed by atoms with van der Waals surface area (Å²) in [6, 6.07) is 0. The SMILES string of the molecule is CCCC[C@H](C)SN(CCC)C(=O)O. The Morgan fingerprint density at radius 3 is 2.50 bits per heavy atom. The molecule has 84 valence electrons. The molecule has 0 aromatic carbocycles. The van der Waals surface area contributed by atoms with Crippen LogP contribution in [-0.2, 0) is 0 Å². The van der Waals surface area contributed by atoms with Crippen LogP contribution in [0.15, 0.2) is 0 Å². The number of hydrogen-bond acceptors (Lipinski definition) is 2. The van der Waals surface area contributed by atoms with Crippen molar-refractivity contribution < 1.29 is 9.90 Å². The lowest BCUT2D eigenvalue weighted by Gasteiger charge is -2.20. The minimum Gasteiger partial charge on any atom is -0.464 e. The van der Waals surface area contributed by atoms with Crippen molar-refractivity contribution in [3.05, 3.63) is 0 Å². The molecule has 1 amide bonds. The summed E-state index contributed by atoms with van der Waals surface area (Å²) in [7, 11) is 0. The largest absolute Gasteiger partial charge is 0.464 e. The van der Waals surface area contributed by atoms with Crippen molar-refractivity contribution in [1.82, 2.24) is 4.31 Å². The zero-order valence-electron chi connectivity index (χ0n) is 9.32. The summed E-state index contributed by atoms with van der Waals surface area (Å²) in [6.45, 7) is 6.86. The maximum Gasteiger partial charge on any atom is 0.417 e. The molecule has 0 spiro atoms. The number of carboxylic acid groups (broad SMARTS) is 1. The van der Waals surface area contributed by atoms with E-state index in [0.717, 1.165) is 12.8 Å². The van der Waals surface area contributed by atoms with Crippen molar-refractivity contribution in [3.63, 3.8) is 0 Å². The molecule has 0 bridgehead atoms. The summed E-state index contributed by atoms with van der Waals surface area (Å²) >= 11 is 1.45. The highest BCUT2D eigenvalue weighted by Crippen LogP contribution is 2.21. The Balaban J connectivity index is 3.83. The van der Waals surface area contributed by atoms with Gasteiger partial charge in [-0.15, -0.1) is 0 Å². The maximum atomic E-state index is 10.8. The van der Waals surface area contributed by atoms with Gasteiger partial charge >= 0.3 is 6.09 Å². The first kappa shape index (κ1) is 13.6. The van der Waals surface area contributed by atoms with Crippen molar-refractivity contribution >= 4 is 18.0 Å². The Morgan fingerprint density at radius 1 is 1.43 bits per heavy atom. The first-order valence-electron chi connectivity index (χ1n) is 5.29. The monoisotopic (exact) mass is 219 g/mol. The van der Waals surface area contributed by atoms with Gasteiger partial charge in [0.05, 0.1) is 0 Å². The smallest absolute Gasteiger partial charge is 0.417 e. The van der Waals surface area contributed by atoms with Crippen LogP contribution in [0.5, 0.6) is 0 Å². The molecule has 14 heavy (non-hydrogen) atoms. The molecule has 0 aliphatic heterocycles. The van der Waals surface area contributed by atoms with E-state index >= 15 is 0 Å². The highest BCUT2D eigenvalue weighted by Gasteiger charge is 2.14. The summed E-state index contributed by atoms with van der Waals surface area (Å²) in [5, 5.41) is 9.28. The molecule has 0 saturated carbocycles. The highest BCUT2D eigenvalue weighted by molar-refractivity contribution is 7.98. The fourth-order valence-corrected chi connectivity index (χ4v) is 2.24. The molecule has 3 nitrogen and oxygen atoms in total.